The molecule has 1 heterocycles. The maximum atomic E-state index is 5.13. The summed E-state index contributed by atoms with van der Waals surface area (Å²) in [6.07, 6.45) is 0. The summed E-state index contributed by atoms with van der Waals surface area (Å²) >= 11 is 0. The van der Waals surface area contributed by atoms with Gasteiger partial charge in [0, 0.05) is 5.56 Å². The molecule has 1 aromatic heterocycles. The third-order valence-electron chi connectivity index (χ3n) is 2.36. The summed E-state index contributed by atoms with van der Waals surface area (Å²) in [5.74, 6) is 1.27. The first-order chi connectivity index (χ1) is 6.68. The SMILES string of the molecule is Cc1noc(-c2cccc(C)c2C)n1. The molecule has 72 valence electrons. The summed E-state index contributed by atoms with van der Waals surface area (Å²) in [5, 5.41) is 3.78. The Hall–Kier alpha value is -1.64. The molecule has 0 saturated heterocycles. The van der Waals surface area contributed by atoms with Crippen LogP contribution in [0.1, 0.15) is 17.0 Å². The average Bonchev–Trinajstić information content (AvgIpc) is 2.57. The van der Waals surface area contributed by atoms with Crippen LogP contribution >= 0.6 is 0 Å². The maximum Gasteiger partial charge on any atom is 0.258 e. The van der Waals surface area contributed by atoms with Crippen molar-refractivity contribution in [3.05, 3.63) is 35.2 Å². The number of rotatable bonds is 1. The molecule has 0 aliphatic rings. The highest BCUT2D eigenvalue weighted by molar-refractivity contribution is 5.59. The molecule has 2 rings (SSSR count). The Morgan fingerprint density at radius 1 is 1.14 bits per heavy atom. The second-order valence-electron chi connectivity index (χ2n) is 3.39. The lowest BCUT2D eigenvalue weighted by molar-refractivity contribution is 0.425. The summed E-state index contributed by atoms with van der Waals surface area (Å²) in [7, 11) is 0. The van der Waals surface area contributed by atoms with Crippen LogP contribution in [-0.4, -0.2) is 10.1 Å². The Balaban J connectivity index is 2.57. The minimum atomic E-state index is 0.601. The molecule has 0 atom stereocenters. The van der Waals surface area contributed by atoms with E-state index >= 15 is 0 Å². The molecule has 2 aromatic rings. The molecule has 0 unspecified atom stereocenters. The number of aryl methyl sites for hydroxylation is 2. The first-order valence-corrected chi connectivity index (χ1v) is 4.55. The van der Waals surface area contributed by atoms with Gasteiger partial charge in [-0.1, -0.05) is 17.3 Å². The van der Waals surface area contributed by atoms with Gasteiger partial charge >= 0.3 is 0 Å². The smallest absolute Gasteiger partial charge is 0.258 e. The molecule has 1 aromatic carbocycles. The fourth-order valence-corrected chi connectivity index (χ4v) is 1.39. The van der Waals surface area contributed by atoms with E-state index in [4.69, 9.17) is 4.52 Å². The summed E-state index contributed by atoms with van der Waals surface area (Å²) in [5.41, 5.74) is 3.44. The number of hydrogen-bond acceptors (Lipinski definition) is 3. The number of benzene rings is 1. The van der Waals surface area contributed by atoms with Gasteiger partial charge in [-0.05, 0) is 38.0 Å². The van der Waals surface area contributed by atoms with E-state index in [2.05, 4.69) is 30.1 Å². The van der Waals surface area contributed by atoms with Gasteiger partial charge in [0.2, 0.25) is 0 Å². The van der Waals surface area contributed by atoms with Crippen molar-refractivity contribution in [1.29, 1.82) is 0 Å². The van der Waals surface area contributed by atoms with Crippen molar-refractivity contribution < 1.29 is 4.52 Å². The number of hydrogen-bond donors (Lipinski definition) is 0. The quantitative estimate of drug-likeness (QED) is 0.690. The Bertz CT molecular complexity index is 460. The third-order valence-corrected chi connectivity index (χ3v) is 2.36. The minimum absolute atomic E-state index is 0.601. The molecular formula is C11H12N2O. The molecular weight excluding hydrogens is 176 g/mol. The lowest BCUT2D eigenvalue weighted by Crippen LogP contribution is -1.86. The monoisotopic (exact) mass is 188 g/mol. The van der Waals surface area contributed by atoms with Crippen LogP contribution in [0.25, 0.3) is 11.5 Å². The van der Waals surface area contributed by atoms with Crippen molar-refractivity contribution >= 4 is 0 Å². The van der Waals surface area contributed by atoms with Crippen molar-refractivity contribution in [1.82, 2.24) is 10.1 Å². The van der Waals surface area contributed by atoms with E-state index in [1.54, 1.807) is 0 Å². The summed E-state index contributed by atoms with van der Waals surface area (Å²) in [4.78, 5) is 4.21. The van der Waals surface area contributed by atoms with Crippen LogP contribution in [-0.2, 0) is 0 Å². The minimum Gasteiger partial charge on any atom is -0.334 e. The van der Waals surface area contributed by atoms with E-state index in [1.807, 2.05) is 19.1 Å². The zero-order valence-electron chi connectivity index (χ0n) is 8.53. The number of nitrogens with zero attached hydrogens (tertiary/aromatic N) is 2. The van der Waals surface area contributed by atoms with Gasteiger partial charge in [0.25, 0.3) is 5.89 Å². The van der Waals surface area contributed by atoms with Crippen LogP contribution < -0.4 is 0 Å². The fraction of sp³-hybridized carbons (Fsp3) is 0.273. The lowest BCUT2D eigenvalue weighted by atomic mass is 10.0. The Morgan fingerprint density at radius 3 is 2.57 bits per heavy atom. The molecule has 0 aliphatic carbocycles. The van der Waals surface area contributed by atoms with E-state index in [0.717, 1.165) is 5.56 Å². The second-order valence-corrected chi connectivity index (χ2v) is 3.39. The van der Waals surface area contributed by atoms with Crippen LogP contribution in [0, 0.1) is 20.8 Å². The molecule has 0 bridgehead atoms. The van der Waals surface area contributed by atoms with Gasteiger partial charge in [0.05, 0.1) is 0 Å². The van der Waals surface area contributed by atoms with Crippen molar-refractivity contribution in [3.8, 4) is 11.5 Å². The van der Waals surface area contributed by atoms with Gasteiger partial charge in [-0.15, -0.1) is 0 Å². The Labute approximate surface area is 82.8 Å². The van der Waals surface area contributed by atoms with Crippen molar-refractivity contribution in [2.45, 2.75) is 20.8 Å². The zero-order chi connectivity index (χ0) is 10.1. The van der Waals surface area contributed by atoms with Crippen molar-refractivity contribution in [2.75, 3.05) is 0 Å². The van der Waals surface area contributed by atoms with Crippen LogP contribution in [0.3, 0.4) is 0 Å². The van der Waals surface area contributed by atoms with E-state index in [1.165, 1.54) is 11.1 Å². The summed E-state index contributed by atoms with van der Waals surface area (Å²) in [6, 6.07) is 6.06. The molecule has 0 radical (unpaired) electrons. The maximum absolute atomic E-state index is 5.13. The van der Waals surface area contributed by atoms with Crippen molar-refractivity contribution in [2.24, 2.45) is 0 Å². The van der Waals surface area contributed by atoms with Crippen molar-refractivity contribution in [3.63, 3.8) is 0 Å². The molecule has 0 saturated carbocycles. The van der Waals surface area contributed by atoms with Gasteiger partial charge in [-0.3, -0.25) is 0 Å². The predicted octanol–water partition coefficient (Wildman–Crippen LogP) is 2.66. The zero-order valence-corrected chi connectivity index (χ0v) is 8.53. The van der Waals surface area contributed by atoms with Crippen LogP contribution in [0.5, 0.6) is 0 Å². The fourth-order valence-electron chi connectivity index (χ4n) is 1.39. The van der Waals surface area contributed by atoms with E-state index in [9.17, 15) is 0 Å². The van der Waals surface area contributed by atoms with Crippen LogP contribution in [0.15, 0.2) is 22.7 Å². The predicted molar refractivity (Wildman–Crippen MR) is 53.9 cm³/mol. The highest BCUT2D eigenvalue weighted by Crippen LogP contribution is 2.23. The standard InChI is InChI=1S/C11H12N2O/c1-7-5-4-6-10(8(7)2)11-12-9(3)13-14-11/h4-6H,1-3H3. The average molecular weight is 188 g/mol. The van der Waals surface area contributed by atoms with Crippen LogP contribution in [0.2, 0.25) is 0 Å². The highest BCUT2D eigenvalue weighted by atomic mass is 16.5. The normalized spacial score (nSPS) is 10.5. The first-order valence-electron chi connectivity index (χ1n) is 4.55. The molecule has 3 heteroatoms. The topological polar surface area (TPSA) is 38.9 Å². The summed E-state index contributed by atoms with van der Waals surface area (Å²) in [6.45, 7) is 5.95. The van der Waals surface area contributed by atoms with Gasteiger partial charge in [0.1, 0.15) is 0 Å². The highest BCUT2D eigenvalue weighted by Gasteiger charge is 2.09. The van der Waals surface area contributed by atoms with E-state index in [-0.39, 0.29) is 0 Å². The van der Waals surface area contributed by atoms with Crippen LogP contribution in [0.4, 0.5) is 0 Å². The largest absolute Gasteiger partial charge is 0.334 e. The first kappa shape index (κ1) is 8.94. The summed E-state index contributed by atoms with van der Waals surface area (Å²) < 4.78 is 5.13. The van der Waals surface area contributed by atoms with Gasteiger partial charge < -0.3 is 4.52 Å². The molecule has 14 heavy (non-hydrogen) atoms. The van der Waals surface area contributed by atoms with E-state index < -0.39 is 0 Å². The second kappa shape index (κ2) is 3.25. The van der Waals surface area contributed by atoms with E-state index in [0.29, 0.717) is 11.7 Å². The molecule has 3 nitrogen and oxygen atoms in total. The third kappa shape index (κ3) is 1.41. The van der Waals surface area contributed by atoms with Gasteiger partial charge in [-0.25, -0.2) is 0 Å². The van der Waals surface area contributed by atoms with Gasteiger partial charge in [-0.2, -0.15) is 4.98 Å². The molecule has 0 fully saturated rings. The molecule has 0 aliphatic heterocycles. The molecule has 0 amide bonds. The van der Waals surface area contributed by atoms with Gasteiger partial charge in [0.15, 0.2) is 5.82 Å². The Kier molecular flexibility index (Phi) is 2.08. The molecule has 0 N–H and O–H groups in total. The molecule has 0 spiro atoms. The Morgan fingerprint density at radius 2 is 1.93 bits per heavy atom. The lowest BCUT2D eigenvalue weighted by Gasteiger charge is -2.02. The number of aromatic nitrogens is 2.